The molecule has 5 heteroatoms. The van der Waals surface area contributed by atoms with Crippen LogP contribution in [0.5, 0.6) is 5.75 Å². The van der Waals surface area contributed by atoms with E-state index in [1.54, 1.807) is 18.3 Å². The maximum atomic E-state index is 12.5. The molecule has 0 saturated heterocycles. The van der Waals surface area contributed by atoms with Crippen LogP contribution in [0.1, 0.15) is 34.1 Å². The number of amides is 1. The molecule has 0 radical (unpaired) electrons. The van der Waals surface area contributed by atoms with Gasteiger partial charge in [-0.25, -0.2) is 0 Å². The Bertz CT molecular complexity index is 750. The molecule has 0 fully saturated rings. The molecule has 23 heavy (non-hydrogen) atoms. The van der Waals surface area contributed by atoms with E-state index in [1.807, 2.05) is 39.8 Å². The average Bonchev–Trinajstić information content (AvgIpc) is 2.49. The van der Waals surface area contributed by atoms with Crippen molar-refractivity contribution in [2.45, 2.75) is 52.8 Å². The summed E-state index contributed by atoms with van der Waals surface area (Å²) in [6, 6.07) is 7.32. The summed E-state index contributed by atoms with van der Waals surface area (Å²) in [5.74, 6) is 0.583. The first kappa shape index (κ1) is 17.1. The van der Waals surface area contributed by atoms with Crippen LogP contribution in [0.15, 0.2) is 35.3 Å². The second kappa shape index (κ2) is 7.31. The molecule has 0 aliphatic heterocycles. The molecular weight excluding hydrogens is 292 g/mol. The van der Waals surface area contributed by atoms with Crippen molar-refractivity contribution in [3.63, 3.8) is 0 Å². The van der Waals surface area contributed by atoms with Gasteiger partial charge in [0.2, 0.25) is 5.91 Å². The van der Waals surface area contributed by atoms with E-state index in [2.05, 4.69) is 5.32 Å². The Morgan fingerprint density at radius 3 is 2.65 bits per heavy atom. The summed E-state index contributed by atoms with van der Waals surface area (Å²) in [4.78, 5) is 24.4. The summed E-state index contributed by atoms with van der Waals surface area (Å²) in [5.41, 5.74) is -0.169. The summed E-state index contributed by atoms with van der Waals surface area (Å²) >= 11 is 0. The molecule has 1 unspecified atom stereocenters. The van der Waals surface area contributed by atoms with Crippen LogP contribution in [0.4, 0.5) is 0 Å². The van der Waals surface area contributed by atoms with Crippen molar-refractivity contribution in [3.05, 3.63) is 40.8 Å². The molecule has 1 amide bonds. The van der Waals surface area contributed by atoms with E-state index in [-0.39, 0.29) is 30.2 Å². The van der Waals surface area contributed by atoms with Gasteiger partial charge in [0, 0.05) is 17.6 Å². The van der Waals surface area contributed by atoms with Crippen LogP contribution in [0, 0.1) is 0 Å². The van der Waals surface area contributed by atoms with E-state index in [4.69, 9.17) is 4.74 Å². The SMILES string of the molecule is CCC(C)NC(=O)Cn1ccc2cc(OC(C)C)ccc2c1=O. The number of aromatic nitrogens is 1. The quantitative estimate of drug-likeness (QED) is 0.891. The number of rotatable bonds is 6. The van der Waals surface area contributed by atoms with Crippen molar-refractivity contribution >= 4 is 16.7 Å². The fourth-order valence-corrected chi connectivity index (χ4v) is 2.31. The lowest BCUT2D eigenvalue weighted by Gasteiger charge is -2.13. The number of fused-ring (bicyclic) bond motifs is 1. The van der Waals surface area contributed by atoms with Crippen LogP contribution < -0.4 is 15.6 Å². The Labute approximate surface area is 136 Å². The van der Waals surface area contributed by atoms with Crippen LogP contribution >= 0.6 is 0 Å². The standard InChI is InChI=1S/C18H24N2O3/c1-5-13(4)19-17(21)11-20-9-8-14-10-15(23-12(2)3)6-7-16(14)18(20)22/h6-10,12-13H,5,11H2,1-4H3,(H,19,21). The largest absolute Gasteiger partial charge is 0.491 e. The molecule has 1 atom stereocenters. The molecular formula is C18H24N2O3. The Kier molecular flexibility index (Phi) is 5.42. The third kappa shape index (κ3) is 4.34. The lowest BCUT2D eigenvalue weighted by atomic mass is 10.1. The lowest BCUT2D eigenvalue weighted by Crippen LogP contribution is -2.37. The van der Waals surface area contributed by atoms with Crippen molar-refractivity contribution in [2.75, 3.05) is 0 Å². The summed E-state index contributed by atoms with van der Waals surface area (Å²) in [6.07, 6.45) is 2.59. The smallest absolute Gasteiger partial charge is 0.258 e. The molecule has 0 bridgehead atoms. The van der Waals surface area contributed by atoms with Gasteiger partial charge >= 0.3 is 0 Å². The minimum absolute atomic E-state index is 0.0311. The number of nitrogens with zero attached hydrogens (tertiary/aromatic N) is 1. The summed E-state index contributed by atoms with van der Waals surface area (Å²) in [5, 5.41) is 4.26. The summed E-state index contributed by atoms with van der Waals surface area (Å²) in [7, 11) is 0. The fraction of sp³-hybridized carbons (Fsp3) is 0.444. The number of benzene rings is 1. The monoisotopic (exact) mass is 316 g/mol. The molecule has 0 aliphatic carbocycles. The molecule has 0 saturated carbocycles. The van der Waals surface area contributed by atoms with Gasteiger partial charge in [-0.15, -0.1) is 0 Å². The summed E-state index contributed by atoms with van der Waals surface area (Å²) in [6.45, 7) is 7.89. The van der Waals surface area contributed by atoms with Crippen molar-refractivity contribution in [1.82, 2.24) is 9.88 Å². The van der Waals surface area contributed by atoms with Gasteiger partial charge in [0.05, 0.1) is 6.10 Å². The van der Waals surface area contributed by atoms with Gasteiger partial charge in [-0.2, -0.15) is 0 Å². The van der Waals surface area contributed by atoms with Crippen molar-refractivity contribution in [1.29, 1.82) is 0 Å². The number of hydrogen-bond acceptors (Lipinski definition) is 3. The number of hydrogen-bond donors (Lipinski definition) is 1. The molecule has 5 nitrogen and oxygen atoms in total. The molecule has 1 aromatic carbocycles. The highest BCUT2D eigenvalue weighted by Gasteiger charge is 2.10. The number of nitrogens with one attached hydrogen (secondary N) is 1. The third-order valence-electron chi connectivity index (χ3n) is 3.65. The first-order valence-electron chi connectivity index (χ1n) is 8.00. The minimum Gasteiger partial charge on any atom is -0.491 e. The van der Waals surface area contributed by atoms with Crippen LogP contribution in [0.25, 0.3) is 10.8 Å². The van der Waals surface area contributed by atoms with Crippen molar-refractivity contribution in [3.8, 4) is 5.75 Å². The highest BCUT2D eigenvalue weighted by Crippen LogP contribution is 2.19. The van der Waals surface area contributed by atoms with Gasteiger partial charge in [0.25, 0.3) is 5.56 Å². The molecule has 1 heterocycles. The second-order valence-electron chi connectivity index (χ2n) is 6.04. The first-order chi connectivity index (χ1) is 10.9. The Morgan fingerprint density at radius 2 is 2.00 bits per heavy atom. The highest BCUT2D eigenvalue weighted by atomic mass is 16.5. The van der Waals surface area contributed by atoms with Crippen LogP contribution in [0.3, 0.4) is 0 Å². The van der Waals surface area contributed by atoms with Crippen molar-refractivity contribution in [2.24, 2.45) is 0 Å². The summed E-state index contributed by atoms with van der Waals surface area (Å²) < 4.78 is 7.07. The van der Waals surface area contributed by atoms with E-state index < -0.39 is 0 Å². The minimum atomic E-state index is -0.169. The lowest BCUT2D eigenvalue weighted by molar-refractivity contribution is -0.122. The van der Waals surface area contributed by atoms with Gasteiger partial charge in [0.1, 0.15) is 12.3 Å². The molecule has 124 valence electrons. The molecule has 2 aromatic rings. The van der Waals surface area contributed by atoms with Crippen LogP contribution in [0.2, 0.25) is 0 Å². The molecule has 0 spiro atoms. The van der Waals surface area contributed by atoms with Crippen molar-refractivity contribution < 1.29 is 9.53 Å². The topological polar surface area (TPSA) is 60.3 Å². The van der Waals surface area contributed by atoms with E-state index in [9.17, 15) is 9.59 Å². The fourth-order valence-electron chi connectivity index (χ4n) is 2.31. The highest BCUT2D eigenvalue weighted by molar-refractivity contribution is 5.83. The zero-order valence-corrected chi connectivity index (χ0v) is 14.1. The zero-order chi connectivity index (χ0) is 17.0. The van der Waals surface area contributed by atoms with Gasteiger partial charge in [0.15, 0.2) is 0 Å². The molecule has 1 N–H and O–H groups in total. The maximum absolute atomic E-state index is 12.5. The number of pyridine rings is 1. The van der Waals surface area contributed by atoms with Gasteiger partial charge in [-0.05, 0) is 56.8 Å². The third-order valence-corrected chi connectivity index (χ3v) is 3.65. The molecule has 0 aliphatic rings. The van der Waals surface area contributed by atoms with Gasteiger partial charge < -0.3 is 14.6 Å². The van der Waals surface area contributed by atoms with Crippen LogP contribution in [-0.4, -0.2) is 22.6 Å². The van der Waals surface area contributed by atoms with Gasteiger partial charge in [-0.1, -0.05) is 6.92 Å². The number of ether oxygens (including phenoxy) is 1. The molecule has 1 aromatic heterocycles. The van der Waals surface area contributed by atoms with Gasteiger partial charge in [-0.3, -0.25) is 9.59 Å². The van der Waals surface area contributed by atoms with Crippen LogP contribution in [-0.2, 0) is 11.3 Å². The maximum Gasteiger partial charge on any atom is 0.258 e. The van der Waals surface area contributed by atoms with E-state index in [0.717, 1.165) is 17.6 Å². The zero-order valence-electron chi connectivity index (χ0n) is 14.1. The molecule has 2 rings (SSSR count). The predicted octanol–water partition coefficient (Wildman–Crippen LogP) is 2.70. The number of carbonyl (C=O) groups excluding carboxylic acids is 1. The van der Waals surface area contributed by atoms with E-state index in [1.165, 1.54) is 4.57 Å². The number of carbonyl (C=O) groups is 1. The Hall–Kier alpha value is -2.30. The van der Waals surface area contributed by atoms with E-state index in [0.29, 0.717) is 5.39 Å². The Balaban J connectivity index is 2.25. The second-order valence-corrected chi connectivity index (χ2v) is 6.04. The first-order valence-corrected chi connectivity index (χ1v) is 8.00. The predicted molar refractivity (Wildman–Crippen MR) is 91.9 cm³/mol. The van der Waals surface area contributed by atoms with E-state index >= 15 is 0 Å². The average molecular weight is 316 g/mol. The Morgan fingerprint density at radius 1 is 1.26 bits per heavy atom. The normalized spacial score (nSPS) is 12.4.